The third-order valence-corrected chi connectivity index (χ3v) is 3.79. The summed E-state index contributed by atoms with van der Waals surface area (Å²) in [7, 11) is 0. The van der Waals surface area contributed by atoms with Crippen molar-refractivity contribution in [1.29, 1.82) is 0 Å². The maximum Gasteiger partial charge on any atom is 0.326 e. The van der Waals surface area contributed by atoms with E-state index in [1.165, 1.54) is 32.1 Å². The molecular formula is C14H25NO4. The summed E-state index contributed by atoms with van der Waals surface area (Å²) in [6.07, 6.45) is 8.79. The quantitative estimate of drug-likeness (QED) is 0.627. The van der Waals surface area contributed by atoms with Gasteiger partial charge in [-0.05, 0) is 18.8 Å². The van der Waals surface area contributed by atoms with Crippen molar-refractivity contribution in [3.63, 3.8) is 0 Å². The second-order valence-corrected chi connectivity index (χ2v) is 5.37. The molecule has 0 radical (unpaired) electrons. The highest BCUT2D eigenvalue weighted by Gasteiger charge is 2.19. The van der Waals surface area contributed by atoms with Crippen LogP contribution in [-0.2, 0) is 9.59 Å². The topological polar surface area (TPSA) is 86.6 Å². The number of carbonyl (C=O) groups is 2. The van der Waals surface area contributed by atoms with Gasteiger partial charge in [0.15, 0.2) is 0 Å². The van der Waals surface area contributed by atoms with Gasteiger partial charge in [-0.15, -0.1) is 0 Å². The third kappa shape index (κ3) is 6.57. The van der Waals surface area contributed by atoms with Crippen LogP contribution in [0.5, 0.6) is 0 Å². The molecule has 0 unspecified atom stereocenters. The second-order valence-electron chi connectivity index (χ2n) is 5.37. The van der Waals surface area contributed by atoms with E-state index in [1.807, 2.05) is 0 Å². The largest absolute Gasteiger partial charge is 0.480 e. The Kier molecular flexibility index (Phi) is 7.48. The standard InChI is InChI=1S/C14H25NO4/c16-10-9-12(14(18)19)15-13(17)8-4-7-11-5-2-1-3-6-11/h11-12,16H,1-10H2,(H,15,17)(H,18,19)/t12-/m0/s1. The normalized spacial score (nSPS) is 17.9. The highest BCUT2D eigenvalue weighted by molar-refractivity contribution is 5.83. The monoisotopic (exact) mass is 271 g/mol. The van der Waals surface area contributed by atoms with Crippen molar-refractivity contribution < 1.29 is 19.8 Å². The van der Waals surface area contributed by atoms with Crippen molar-refractivity contribution in [3.8, 4) is 0 Å². The van der Waals surface area contributed by atoms with Crippen molar-refractivity contribution in [2.24, 2.45) is 5.92 Å². The Morgan fingerprint density at radius 1 is 1.21 bits per heavy atom. The van der Waals surface area contributed by atoms with Gasteiger partial charge in [-0.1, -0.05) is 32.1 Å². The van der Waals surface area contributed by atoms with Crippen LogP contribution in [-0.4, -0.2) is 34.7 Å². The summed E-state index contributed by atoms with van der Waals surface area (Å²) in [5.41, 5.74) is 0. The molecular weight excluding hydrogens is 246 g/mol. The number of aliphatic hydroxyl groups is 1. The first-order chi connectivity index (χ1) is 9.13. The number of carboxylic acid groups (broad SMARTS) is 1. The predicted octanol–water partition coefficient (Wildman–Crippen LogP) is 1.69. The molecule has 1 rings (SSSR count). The van der Waals surface area contributed by atoms with E-state index in [-0.39, 0.29) is 18.9 Å². The molecule has 1 amide bonds. The molecule has 1 aliphatic rings. The molecule has 0 aromatic carbocycles. The van der Waals surface area contributed by atoms with Crippen molar-refractivity contribution in [2.45, 2.75) is 63.8 Å². The number of rotatable bonds is 8. The average molecular weight is 271 g/mol. The number of hydrogen-bond acceptors (Lipinski definition) is 3. The fourth-order valence-corrected chi connectivity index (χ4v) is 2.68. The Labute approximate surface area is 114 Å². The van der Waals surface area contributed by atoms with E-state index < -0.39 is 12.0 Å². The van der Waals surface area contributed by atoms with Crippen LogP contribution in [0.4, 0.5) is 0 Å². The smallest absolute Gasteiger partial charge is 0.326 e. The van der Waals surface area contributed by atoms with Gasteiger partial charge in [0.05, 0.1) is 0 Å². The fraction of sp³-hybridized carbons (Fsp3) is 0.857. The molecule has 0 aliphatic heterocycles. The summed E-state index contributed by atoms with van der Waals surface area (Å²) in [6.45, 7) is -0.237. The molecule has 110 valence electrons. The molecule has 1 saturated carbocycles. The second kappa shape index (κ2) is 8.91. The zero-order chi connectivity index (χ0) is 14.1. The van der Waals surface area contributed by atoms with Crippen LogP contribution in [0.3, 0.4) is 0 Å². The van der Waals surface area contributed by atoms with Crippen molar-refractivity contribution in [1.82, 2.24) is 5.32 Å². The lowest BCUT2D eigenvalue weighted by Gasteiger charge is -2.21. The van der Waals surface area contributed by atoms with Crippen LogP contribution in [0.15, 0.2) is 0 Å². The molecule has 1 aliphatic carbocycles. The summed E-state index contributed by atoms with van der Waals surface area (Å²) in [5.74, 6) is -0.569. The van der Waals surface area contributed by atoms with Gasteiger partial charge >= 0.3 is 5.97 Å². The number of carbonyl (C=O) groups excluding carboxylic acids is 1. The van der Waals surface area contributed by atoms with E-state index in [1.54, 1.807) is 0 Å². The zero-order valence-corrected chi connectivity index (χ0v) is 11.4. The van der Waals surface area contributed by atoms with E-state index in [0.717, 1.165) is 18.8 Å². The van der Waals surface area contributed by atoms with E-state index in [4.69, 9.17) is 10.2 Å². The van der Waals surface area contributed by atoms with Crippen LogP contribution >= 0.6 is 0 Å². The Morgan fingerprint density at radius 2 is 1.89 bits per heavy atom. The van der Waals surface area contributed by atoms with E-state index in [9.17, 15) is 9.59 Å². The number of aliphatic carboxylic acids is 1. The highest BCUT2D eigenvalue weighted by Crippen LogP contribution is 2.27. The van der Waals surface area contributed by atoms with Gasteiger partial charge in [0.2, 0.25) is 5.91 Å². The number of amides is 1. The van der Waals surface area contributed by atoms with E-state index in [2.05, 4.69) is 5.32 Å². The fourth-order valence-electron chi connectivity index (χ4n) is 2.68. The first kappa shape index (κ1) is 16.0. The zero-order valence-electron chi connectivity index (χ0n) is 11.4. The molecule has 1 fully saturated rings. The average Bonchev–Trinajstić information content (AvgIpc) is 2.39. The molecule has 5 heteroatoms. The summed E-state index contributed by atoms with van der Waals surface area (Å²) in [5, 5.41) is 20.0. The van der Waals surface area contributed by atoms with Crippen LogP contribution in [0.1, 0.15) is 57.8 Å². The number of hydrogen-bond donors (Lipinski definition) is 3. The molecule has 5 nitrogen and oxygen atoms in total. The molecule has 0 bridgehead atoms. The lowest BCUT2D eigenvalue weighted by Crippen LogP contribution is -2.41. The van der Waals surface area contributed by atoms with Gasteiger partial charge in [-0.25, -0.2) is 4.79 Å². The lowest BCUT2D eigenvalue weighted by molar-refractivity contribution is -0.142. The molecule has 0 saturated heterocycles. The molecule has 3 N–H and O–H groups in total. The minimum absolute atomic E-state index is 0.0592. The molecule has 0 spiro atoms. The number of carboxylic acids is 1. The lowest BCUT2D eigenvalue weighted by atomic mass is 9.86. The minimum Gasteiger partial charge on any atom is -0.480 e. The van der Waals surface area contributed by atoms with Gasteiger partial charge in [0, 0.05) is 19.4 Å². The molecule has 0 aromatic rings. The molecule has 19 heavy (non-hydrogen) atoms. The summed E-state index contributed by atoms with van der Waals surface area (Å²) in [4.78, 5) is 22.4. The van der Waals surface area contributed by atoms with E-state index >= 15 is 0 Å². The SMILES string of the molecule is O=C(CCCC1CCCCC1)N[C@@H](CCO)C(=O)O. The van der Waals surface area contributed by atoms with Crippen molar-refractivity contribution >= 4 is 11.9 Å². The van der Waals surface area contributed by atoms with Crippen molar-refractivity contribution in [3.05, 3.63) is 0 Å². The van der Waals surface area contributed by atoms with Gasteiger partial charge in [0.1, 0.15) is 6.04 Å². The van der Waals surface area contributed by atoms with Crippen LogP contribution < -0.4 is 5.32 Å². The van der Waals surface area contributed by atoms with Gasteiger partial charge in [-0.2, -0.15) is 0 Å². The van der Waals surface area contributed by atoms with Crippen molar-refractivity contribution in [2.75, 3.05) is 6.61 Å². The van der Waals surface area contributed by atoms with Gasteiger partial charge in [0.25, 0.3) is 0 Å². The summed E-state index contributed by atoms with van der Waals surface area (Å²) < 4.78 is 0. The van der Waals surface area contributed by atoms with E-state index in [0.29, 0.717) is 6.42 Å². The Morgan fingerprint density at radius 3 is 2.47 bits per heavy atom. The predicted molar refractivity (Wildman–Crippen MR) is 71.7 cm³/mol. The summed E-state index contributed by atoms with van der Waals surface area (Å²) >= 11 is 0. The molecule has 0 heterocycles. The molecule has 0 aromatic heterocycles. The third-order valence-electron chi connectivity index (χ3n) is 3.79. The maximum absolute atomic E-state index is 11.6. The van der Waals surface area contributed by atoms with Gasteiger partial charge < -0.3 is 15.5 Å². The van der Waals surface area contributed by atoms with Gasteiger partial charge in [-0.3, -0.25) is 4.79 Å². The molecule has 1 atom stereocenters. The Hall–Kier alpha value is -1.10. The Balaban J connectivity index is 2.17. The van der Waals surface area contributed by atoms with Crippen LogP contribution in [0.2, 0.25) is 0 Å². The number of nitrogens with one attached hydrogen (secondary N) is 1. The Bertz CT molecular complexity index is 287. The highest BCUT2D eigenvalue weighted by atomic mass is 16.4. The van der Waals surface area contributed by atoms with Crippen LogP contribution in [0.25, 0.3) is 0 Å². The number of aliphatic hydroxyl groups excluding tert-OH is 1. The minimum atomic E-state index is -1.09. The maximum atomic E-state index is 11.6. The van der Waals surface area contributed by atoms with Crippen LogP contribution in [0, 0.1) is 5.92 Å². The first-order valence-corrected chi connectivity index (χ1v) is 7.26. The summed E-state index contributed by atoms with van der Waals surface area (Å²) in [6, 6.07) is -0.966. The first-order valence-electron chi connectivity index (χ1n) is 7.26.